The molecule has 9 heteroatoms. The average molecular weight is 1020 g/mol. The van der Waals surface area contributed by atoms with Gasteiger partial charge in [0.1, 0.15) is 13.2 Å². The molecule has 0 saturated heterocycles. The summed E-state index contributed by atoms with van der Waals surface area (Å²) >= 11 is 0. The molecule has 71 heavy (non-hydrogen) atoms. The highest BCUT2D eigenvalue weighted by molar-refractivity contribution is 7.45. The fraction of sp³-hybridized carbons (Fsp3) is 0.790. The van der Waals surface area contributed by atoms with E-state index in [0.717, 1.165) is 64.2 Å². The van der Waals surface area contributed by atoms with Crippen molar-refractivity contribution >= 4 is 13.7 Å². The number of phosphoric acid groups is 1. The molecule has 1 amide bonds. The number of aliphatic hydroxyl groups excluding tert-OH is 1. The number of nitrogens with zero attached hydrogens (tertiary/aromatic N) is 1. The highest BCUT2D eigenvalue weighted by Crippen LogP contribution is 2.38. The molecule has 0 aromatic carbocycles. The van der Waals surface area contributed by atoms with Gasteiger partial charge in [-0.05, 0) is 77.0 Å². The van der Waals surface area contributed by atoms with Crippen molar-refractivity contribution in [2.45, 2.75) is 276 Å². The van der Waals surface area contributed by atoms with Gasteiger partial charge in [0.25, 0.3) is 7.82 Å². The largest absolute Gasteiger partial charge is 0.756 e. The minimum absolute atomic E-state index is 0.0100. The van der Waals surface area contributed by atoms with Crippen LogP contribution in [0.25, 0.3) is 0 Å². The summed E-state index contributed by atoms with van der Waals surface area (Å²) in [5.74, 6) is -0.211. The number of hydrogen-bond acceptors (Lipinski definition) is 6. The quantitative estimate of drug-likeness (QED) is 0.0272. The van der Waals surface area contributed by atoms with Crippen LogP contribution in [0.2, 0.25) is 0 Å². The molecule has 0 bridgehead atoms. The first-order valence-electron chi connectivity index (χ1n) is 29.8. The molecule has 0 heterocycles. The van der Waals surface area contributed by atoms with E-state index in [-0.39, 0.29) is 12.5 Å². The Morgan fingerprint density at radius 3 is 1.28 bits per heavy atom. The average Bonchev–Trinajstić information content (AvgIpc) is 3.33. The van der Waals surface area contributed by atoms with E-state index in [0.29, 0.717) is 17.4 Å². The number of allylic oxidation sites excluding steroid dienone is 11. The van der Waals surface area contributed by atoms with Crippen LogP contribution < -0.4 is 10.2 Å². The number of unbranched alkanes of at least 4 members (excludes halogenated alkanes) is 31. The summed E-state index contributed by atoms with van der Waals surface area (Å²) in [5.41, 5.74) is 0. The lowest BCUT2D eigenvalue weighted by Crippen LogP contribution is -2.45. The SMILES string of the molecule is CCCC/C=C/CC/C=C/CC/C=C/C(O)C(COP(=O)([O-])OCC[N+](C)(C)C)NC(=O)CCCCCCCCCCCCCCCCCCCCCCCC/C=C\C/C=C\C/C=C\CCCCCCC. The van der Waals surface area contributed by atoms with Gasteiger partial charge in [-0.1, -0.05) is 254 Å². The van der Waals surface area contributed by atoms with Crippen LogP contribution in [0, 0.1) is 0 Å². The third-order valence-corrected chi connectivity index (χ3v) is 14.1. The molecule has 0 aromatic rings. The van der Waals surface area contributed by atoms with Gasteiger partial charge in [-0.25, -0.2) is 0 Å². The normalized spacial score (nSPS) is 14.4. The summed E-state index contributed by atoms with van der Waals surface area (Å²) in [6.45, 7) is 4.56. The summed E-state index contributed by atoms with van der Waals surface area (Å²) in [7, 11) is 1.23. The molecular formula is C62H115N2O6P. The van der Waals surface area contributed by atoms with Crippen LogP contribution in [-0.4, -0.2) is 68.5 Å². The van der Waals surface area contributed by atoms with E-state index in [1.807, 2.05) is 27.2 Å². The smallest absolute Gasteiger partial charge is 0.268 e. The van der Waals surface area contributed by atoms with E-state index < -0.39 is 26.6 Å². The van der Waals surface area contributed by atoms with E-state index in [9.17, 15) is 19.4 Å². The van der Waals surface area contributed by atoms with E-state index in [1.54, 1.807) is 6.08 Å². The molecule has 0 spiro atoms. The van der Waals surface area contributed by atoms with E-state index in [2.05, 4.69) is 79.9 Å². The Hall–Kier alpha value is -2.06. The number of nitrogens with one attached hydrogen (secondary N) is 1. The van der Waals surface area contributed by atoms with Crippen molar-refractivity contribution in [3.05, 3.63) is 72.9 Å². The first kappa shape index (κ1) is 68.9. The molecule has 414 valence electrons. The monoisotopic (exact) mass is 1010 g/mol. The summed E-state index contributed by atoms with van der Waals surface area (Å²) < 4.78 is 23.2. The van der Waals surface area contributed by atoms with Crippen LogP contribution in [-0.2, 0) is 18.4 Å². The van der Waals surface area contributed by atoms with Crippen molar-refractivity contribution in [3.8, 4) is 0 Å². The number of quaternary nitrogens is 1. The summed E-state index contributed by atoms with van der Waals surface area (Å²) in [4.78, 5) is 25.4. The minimum Gasteiger partial charge on any atom is -0.756 e. The standard InChI is InChI=1S/C62H115N2O6P/c1-6-8-10-12-14-16-18-20-21-22-23-24-25-26-27-28-29-30-31-32-33-34-35-36-37-38-39-40-41-42-43-44-46-48-50-52-54-56-62(66)63-60(59-70-71(67,68)69-58-57-64(3,4)5)61(65)55-53-51-49-47-45-19-17-15-13-11-9-7-2/h13,15,18,20,22-23,25-26,45,47,53,55,60-61,65H,6-12,14,16-17,19,21,24,27-44,46,48-52,54,56-59H2,1-5H3,(H-,63,66,67,68)/b15-13+,20-18-,23-22-,26-25-,47-45+,55-53+. The van der Waals surface area contributed by atoms with Crippen molar-refractivity contribution in [1.82, 2.24) is 5.32 Å². The first-order valence-corrected chi connectivity index (χ1v) is 31.3. The Morgan fingerprint density at radius 1 is 0.493 bits per heavy atom. The Kier molecular flexibility index (Phi) is 51.3. The fourth-order valence-corrected chi connectivity index (χ4v) is 9.14. The molecule has 0 saturated carbocycles. The molecule has 0 aliphatic rings. The van der Waals surface area contributed by atoms with Crippen LogP contribution in [0.4, 0.5) is 0 Å². The van der Waals surface area contributed by atoms with Crippen molar-refractivity contribution < 1.29 is 32.9 Å². The lowest BCUT2D eigenvalue weighted by atomic mass is 10.0. The molecule has 0 rings (SSSR count). The lowest BCUT2D eigenvalue weighted by Gasteiger charge is -2.29. The number of hydrogen-bond donors (Lipinski definition) is 2. The Balaban J connectivity index is 3.94. The molecule has 3 unspecified atom stereocenters. The Morgan fingerprint density at radius 2 is 0.845 bits per heavy atom. The second-order valence-corrected chi connectivity index (χ2v) is 22.7. The fourth-order valence-electron chi connectivity index (χ4n) is 8.41. The van der Waals surface area contributed by atoms with Gasteiger partial charge in [0.2, 0.25) is 5.91 Å². The highest BCUT2D eigenvalue weighted by Gasteiger charge is 2.23. The van der Waals surface area contributed by atoms with Crippen LogP contribution in [0.5, 0.6) is 0 Å². The summed E-state index contributed by atoms with van der Waals surface area (Å²) in [5, 5.41) is 13.8. The molecule has 0 aliphatic carbocycles. The van der Waals surface area contributed by atoms with Crippen LogP contribution in [0.3, 0.4) is 0 Å². The molecule has 2 N–H and O–H groups in total. The zero-order chi connectivity index (χ0) is 52.0. The molecule has 8 nitrogen and oxygen atoms in total. The zero-order valence-corrected chi connectivity index (χ0v) is 48.1. The summed E-state index contributed by atoms with van der Waals surface area (Å²) in [6.07, 6.45) is 73.0. The molecule has 0 aromatic heterocycles. The van der Waals surface area contributed by atoms with E-state index in [1.165, 1.54) is 180 Å². The molecule has 3 atom stereocenters. The predicted octanol–water partition coefficient (Wildman–Crippen LogP) is 17.6. The van der Waals surface area contributed by atoms with Gasteiger partial charge in [0, 0.05) is 6.42 Å². The second kappa shape index (κ2) is 52.8. The maximum atomic E-state index is 12.9. The van der Waals surface area contributed by atoms with Gasteiger partial charge >= 0.3 is 0 Å². The highest BCUT2D eigenvalue weighted by atomic mass is 31.2. The third kappa shape index (κ3) is 55.5. The third-order valence-electron chi connectivity index (χ3n) is 13.1. The second-order valence-electron chi connectivity index (χ2n) is 21.3. The molecule has 0 radical (unpaired) electrons. The van der Waals surface area contributed by atoms with Gasteiger partial charge in [-0.2, -0.15) is 0 Å². The van der Waals surface area contributed by atoms with E-state index >= 15 is 0 Å². The molecular weight excluding hydrogens is 900 g/mol. The number of carbonyl (C=O) groups excluding carboxylic acids is 1. The maximum Gasteiger partial charge on any atom is 0.268 e. The van der Waals surface area contributed by atoms with Crippen molar-refractivity contribution in [1.29, 1.82) is 0 Å². The van der Waals surface area contributed by atoms with E-state index in [4.69, 9.17) is 9.05 Å². The summed E-state index contributed by atoms with van der Waals surface area (Å²) in [6, 6.07) is -0.910. The lowest BCUT2D eigenvalue weighted by molar-refractivity contribution is -0.870. The molecule has 0 fully saturated rings. The maximum absolute atomic E-state index is 12.9. The van der Waals surface area contributed by atoms with Crippen molar-refractivity contribution in [2.24, 2.45) is 0 Å². The van der Waals surface area contributed by atoms with Gasteiger partial charge in [0.05, 0.1) is 39.9 Å². The Bertz CT molecular complexity index is 1380. The number of likely N-dealkylation sites (N-methyl/N-ethyl adjacent to an activating group) is 1. The van der Waals surface area contributed by atoms with Gasteiger partial charge < -0.3 is 28.8 Å². The van der Waals surface area contributed by atoms with Gasteiger partial charge in [-0.3, -0.25) is 9.36 Å². The van der Waals surface area contributed by atoms with Crippen LogP contribution in [0.15, 0.2) is 72.9 Å². The van der Waals surface area contributed by atoms with Gasteiger partial charge in [0.15, 0.2) is 0 Å². The number of rotatable bonds is 54. The van der Waals surface area contributed by atoms with Crippen molar-refractivity contribution in [2.75, 3.05) is 40.9 Å². The number of carbonyl (C=O) groups is 1. The van der Waals surface area contributed by atoms with Crippen molar-refractivity contribution in [3.63, 3.8) is 0 Å². The van der Waals surface area contributed by atoms with Crippen LogP contribution >= 0.6 is 7.82 Å². The molecule has 0 aliphatic heterocycles. The number of phosphoric ester groups is 1. The predicted molar refractivity (Wildman–Crippen MR) is 307 cm³/mol. The van der Waals surface area contributed by atoms with Gasteiger partial charge in [-0.15, -0.1) is 0 Å². The minimum atomic E-state index is -4.60. The van der Waals surface area contributed by atoms with Crippen LogP contribution in [0.1, 0.15) is 264 Å². The number of amides is 1. The Labute approximate surface area is 440 Å². The number of aliphatic hydroxyl groups is 1. The topological polar surface area (TPSA) is 108 Å². The first-order chi connectivity index (χ1) is 34.5. The zero-order valence-electron chi connectivity index (χ0n) is 47.2.